The largest absolute Gasteiger partial charge is 0.487 e. The first-order chi connectivity index (χ1) is 6.40. The summed E-state index contributed by atoms with van der Waals surface area (Å²) in [5, 5.41) is 0. The first-order valence-electron chi connectivity index (χ1n) is 4.10. The standard InChI is InChI=1S/C9H11NO3/c10-13-9-4-2-1-3-8(9)12-6-7-5-11-7/h1-4,7H,5-6,10H2. The van der Waals surface area contributed by atoms with E-state index in [4.69, 9.17) is 15.4 Å². The average Bonchev–Trinajstić information content (AvgIpc) is 2.99. The van der Waals surface area contributed by atoms with E-state index in [1.165, 1.54) is 0 Å². The predicted octanol–water partition coefficient (Wildman–Crippen LogP) is 0.717. The van der Waals surface area contributed by atoms with Gasteiger partial charge in [-0.25, -0.2) is 0 Å². The number of benzene rings is 1. The Morgan fingerprint density at radius 1 is 1.38 bits per heavy atom. The zero-order chi connectivity index (χ0) is 9.10. The monoisotopic (exact) mass is 181 g/mol. The summed E-state index contributed by atoms with van der Waals surface area (Å²) < 4.78 is 10.4. The summed E-state index contributed by atoms with van der Waals surface area (Å²) >= 11 is 0. The Kier molecular flexibility index (Phi) is 2.33. The Bertz CT molecular complexity index is 286. The van der Waals surface area contributed by atoms with Crippen LogP contribution in [0.4, 0.5) is 0 Å². The second kappa shape index (κ2) is 3.64. The van der Waals surface area contributed by atoms with E-state index in [9.17, 15) is 0 Å². The molecule has 0 amide bonds. The molecule has 1 saturated heterocycles. The molecule has 1 aliphatic heterocycles. The molecular formula is C9H11NO3. The molecule has 0 bridgehead atoms. The summed E-state index contributed by atoms with van der Waals surface area (Å²) in [6.45, 7) is 1.34. The summed E-state index contributed by atoms with van der Waals surface area (Å²) in [7, 11) is 0. The van der Waals surface area contributed by atoms with E-state index in [-0.39, 0.29) is 6.10 Å². The molecule has 1 aromatic rings. The Balaban J connectivity index is 1.99. The van der Waals surface area contributed by atoms with Gasteiger partial charge >= 0.3 is 0 Å². The van der Waals surface area contributed by atoms with Gasteiger partial charge < -0.3 is 14.3 Å². The number of epoxide rings is 1. The van der Waals surface area contributed by atoms with Crippen LogP contribution in [0.2, 0.25) is 0 Å². The molecule has 1 aliphatic rings. The maximum atomic E-state index is 5.42. The van der Waals surface area contributed by atoms with Crippen LogP contribution in [0.25, 0.3) is 0 Å². The van der Waals surface area contributed by atoms with Gasteiger partial charge in [0.15, 0.2) is 11.5 Å². The van der Waals surface area contributed by atoms with Gasteiger partial charge in [0.2, 0.25) is 0 Å². The van der Waals surface area contributed by atoms with E-state index in [1.54, 1.807) is 6.07 Å². The maximum Gasteiger partial charge on any atom is 0.188 e. The van der Waals surface area contributed by atoms with Gasteiger partial charge in [-0.2, -0.15) is 5.90 Å². The fourth-order valence-corrected chi connectivity index (χ4v) is 1.01. The van der Waals surface area contributed by atoms with Gasteiger partial charge in [0.1, 0.15) is 12.7 Å². The molecule has 2 rings (SSSR count). The maximum absolute atomic E-state index is 5.42. The van der Waals surface area contributed by atoms with Crippen molar-refractivity contribution < 1.29 is 14.3 Å². The molecule has 4 heteroatoms. The number of nitrogens with two attached hydrogens (primary N) is 1. The van der Waals surface area contributed by atoms with Gasteiger partial charge in [-0.15, -0.1) is 0 Å². The molecule has 0 radical (unpaired) electrons. The van der Waals surface area contributed by atoms with E-state index in [2.05, 4.69) is 4.84 Å². The van der Waals surface area contributed by atoms with Crippen LogP contribution < -0.4 is 15.5 Å². The highest BCUT2D eigenvalue weighted by Gasteiger charge is 2.23. The molecule has 1 unspecified atom stereocenters. The summed E-state index contributed by atoms with van der Waals surface area (Å²) in [4.78, 5) is 4.63. The van der Waals surface area contributed by atoms with Crippen LogP contribution in [0.5, 0.6) is 11.5 Å². The van der Waals surface area contributed by atoms with E-state index < -0.39 is 0 Å². The Hall–Kier alpha value is -1.26. The molecule has 0 saturated carbocycles. The first-order valence-corrected chi connectivity index (χ1v) is 4.10. The zero-order valence-corrected chi connectivity index (χ0v) is 7.10. The molecule has 0 aromatic heterocycles. The number of hydrogen-bond donors (Lipinski definition) is 1. The minimum atomic E-state index is 0.242. The molecule has 1 atom stereocenters. The van der Waals surface area contributed by atoms with Crippen molar-refractivity contribution in [1.29, 1.82) is 0 Å². The predicted molar refractivity (Wildman–Crippen MR) is 46.5 cm³/mol. The van der Waals surface area contributed by atoms with Gasteiger partial charge in [-0.05, 0) is 12.1 Å². The van der Waals surface area contributed by atoms with Gasteiger partial charge in [-0.3, -0.25) is 0 Å². The third-order valence-electron chi connectivity index (χ3n) is 1.80. The fraction of sp³-hybridized carbons (Fsp3) is 0.333. The van der Waals surface area contributed by atoms with E-state index in [1.807, 2.05) is 18.2 Å². The number of ether oxygens (including phenoxy) is 2. The summed E-state index contributed by atoms with van der Waals surface area (Å²) in [6.07, 6.45) is 0.242. The highest BCUT2D eigenvalue weighted by molar-refractivity contribution is 5.39. The van der Waals surface area contributed by atoms with Crippen molar-refractivity contribution in [2.45, 2.75) is 6.10 Å². The SMILES string of the molecule is NOc1ccccc1OCC1CO1. The Morgan fingerprint density at radius 2 is 2.08 bits per heavy atom. The molecule has 4 nitrogen and oxygen atoms in total. The number of rotatable bonds is 4. The summed E-state index contributed by atoms with van der Waals surface area (Å²) in [6, 6.07) is 7.27. The molecule has 0 spiro atoms. The van der Waals surface area contributed by atoms with Crippen molar-refractivity contribution in [3.63, 3.8) is 0 Å². The zero-order valence-electron chi connectivity index (χ0n) is 7.10. The highest BCUT2D eigenvalue weighted by Crippen LogP contribution is 2.26. The van der Waals surface area contributed by atoms with Crippen LogP contribution in [-0.4, -0.2) is 19.3 Å². The van der Waals surface area contributed by atoms with Gasteiger partial charge in [-0.1, -0.05) is 12.1 Å². The topological polar surface area (TPSA) is 57.0 Å². The molecule has 13 heavy (non-hydrogen) atoms. The Labute approximate surface area is 76.2 Å². The van der Waals surface area contributed by atoms with Crippen LogP contribution in [0, 0.1) is 0 Å². The fourth-order valence-electron chi connectivity index (χ4n) is 1.01. The van der Waals surface area contributed by atoms with Crippen molar-refractivity contribution in [1.82, 2.24) is 0 Å². The van der Waals surface area contributed by atoms with Crippen LogP contribution in [0.1, 0.15) is 0 Å². The number of hydrogen-bond acceptors (Lipinski definition) is 4. The molecule has 2 N–H and O–H groups in total. The van der Waals surface area contributed by atoms with Gasteiger partial charge in [0.05, 0.1) is 6.61 Å². The quantitative estimate of drug-likeness (QED) is 0.549. The first kappa shape index (κ1) is 8.34. The van der Waals surface area contributed by atoms with Crippen LogP contribution in [0.15, 0.2) is 24.3 Å². The van der Waals surface area contributed by atoms with Crippen molar-refractivity contribution in [2.24, 2.45) is 5.90 Å². The lowest BCUT2D eigenvalue weighted by molar-refractivity contribution is 0.243. The lowest BCUT2D eigenvalue weighted by atomic mass is 10.3. The molecule has 0 aliphatic carbocycles. The third-order valence-corrected chi connectivity index (χ3v) is 1.80. The van der Waals surface area contributed by atoms with Crippen molar-refractivity contribution >= 4 is 0 Å². The van der Waals surface area contributed by atoms with Crippen LogP contribution >= 0.6 is 0 Å². The van der Waals surface area contributed by atoms with Crippen LogP contribution in [-0.2, 0) is 4.74 Å². The Morgan fingerprint density at radius 3 is 2.69 bits per heavy atom. The number of para-hydroxylation sites is 2. The van der Waals surface area contributed by atoms with Gasteiger partial charge in [0.25, 0.3) is 0 Å². The smallest absolute Gasteiger partial charge is 0.188 e. The van der Waals surface area contributed by atoms with Crippen molar-refractivity contribution in [3.8, 4) is 11.5 Å². The second-order valence-electron chi connectivity index (χ2n) is 2.83. The second-order valence-corrected chi connectivity index (χ2v) is 2.83. The van der Waals surface area contributed by atoms with E-state index in [0.29, 0.717) is 18.1 Å². The molecular weight excluding hydrogens is 170 g/mol. The minimum absolute atomic E-state index is 0.242. The molecule has 1 heterocycles. The lowest BCUT2D eigenvalue weighted by Crippen LogP contribution is -2.08. The lowest BCUT2D eigenvalue weighted by Gasteiger charge is -2.07. The normalized spacial score (nSPS) is 19.6. The molecule has 1 fully saturated rings. The van der Waals surface area contributed by atoms with E-state index in [0.717, 1.165) is 6.61 Å². The molecule has 70 valence electrons. The van der Waals surface area contributed by atoms with Gasteiger partial charge in [0, 0.05) is 0 Å². The third kappa shape index (κ3) is 2.11. The summed E-state index contributed by atoms with van der Waals surface area (Å²) in [5.74, 6) is 6.26. The van der Waals surface area contributed by atoms with E-state index >= 15 is 0 Å². The molecule has 1 aromatic carbocycles. The average molecular weight is 181 g/mol. The minimum Gasteiger partial charge on any atom is -0.487 e. The van der Waals surface area contributed by atoms with Crippen molar-refractivity contribution in [3.05, 3.63) is 24.3 Å². The highest BCUT2D eigenvalue weighted by atomic mass is 16.6. The summed E-state index contributed by atoms with van der Waals surface area (Å²) in [5.41, 5.74) is 0. The van der Waals surface area contributed by atoms with Crippen LogP contribution in [0.3, 0.4) is 0 Å². The van der Waals surface area contributed by atoms with Crippen molar-refractivity contribution in [2.75, 3.05) is 13.2 Å².